The number of hydrogen-bond acceptors (Lipinski definition) is 3. The Balaban J connectivity index is 0.000000260. The Labute approximate surface area is 350 Å². The van der Waals surface area contributed by atoms with E-state index >= 15 is 0 Å². The van der Waals surface area contributed by atoms with Crippen molar-refractivity contribution in [3.05, 3.63) is 229 Å². The van der Waals surface area contributed by atoms with Crippen molar-refractivity contribution in [2.45, 2.75) is 0 Å². The first-order valence-electron chi connectivity index (χ1n) is 16.4. The number of carbonyl (C=O) groups is 3. The Morgan fingerprint density at radius 3 is 0.868 bits per heavy atom. The molecule has 7 rings (SSSR count). The second-order valence-corrected chi connectivity index (χ2v) is 22.1. The van der Waals surface area contributed by atoms with Gasteiger partial charge in [-0.25, -0.2) is 0 Å². The van der Waals surface area contributed by atoms with Crippen molar-refractivity contribution in [3.63, 3.8) is 0 Å². The van der Waals surface area contributed by atoms with Crippen LogP contribution in [0.1, 0.15) is 31.1 Å². The molecule has 0 aliphatic heterocycles. The predicted octanol–water partition coefficient (Wildman–Crippen LogP) is 6.74. The van der Waals surface area contributed by atoms with E-state index in [9.17, 15) is 14.4 Å². The van der Waals surface area contributed by atoms with Crippen molar-refractivity contribution >= 4 is 110 Å². The van der Waals surface area contributed by atoms with E-state index in [0.717, 1.165) is 8.79 Å². The second-order valence-electron chi connectivity index (χ2n) is 11.4. The number of rotatable bonds is 9. The third-order valence-electron chi connectivity index (χ3n) is 8.00. The fourth-order valence-electron chi connectivity index (χ4n) is 5.56. The van der Waals surface area contributed by atoms with E-state index in [0.29, 0.717) is 16.7 Å². The van der Waals surface area contributed by atoms with Gasteiger partial charge in [0.2, 0.25) is 0 Å². The first-order valence-corrected chi connectivity index (χ1v) is 23.1. The fraction of sp³-hybridized carbons (Fsp3) is 0. The second kappa shape index (κ2) is 23.0. The molecule has 3 nitrogen and oxygen atoms in total. The summed E-state index contributed by atoms with van der Waals surface area (Å²) in [6.07, 6.45) is 0. The third-order valence-corrected chi connectivity index (χ3v) is 19.9. The van der Waals surface area contributed by atoms with Crippen molar-refractivity contribution in [2.24, 2.45) is 0 Å². The number of carbonyl (C=O) groups excluding carboxylic acids is 3. The summed E-state index contributed by atoms with van der Waals surface area (Å²) in [5.74, 6) is 0. The fourth-order valence-corrected chi connectivity index (χ4v) is 16.6. The van der Waals surface area contributed by atoms with E-state index < -0.39 is 18.5 Å². The summed E-state index contributed by atoms with van der Waals surface area (Å²) < 4.78 is 4.60. The molecule has 7 aromatic rings. The maximum atomic E-state index is 14.1. The van der Waals surface area contributed by atoms with Crippen LogP contribution in [0.25, 0.3) is 0 Å². The van der Waals surface area contributed by atoms with Gasteiger partial charge in [0.05, 0.1) is 0 Å². The zero-order chi connectivity index (χ0) is 35.7. The molecule has 0 aliphatic rings. The van der Waals surface area contributed by atoms with E-state index in [1.165, 1.54) is 8.79 Å². The first-order chi connectivity index (χ1) is 25.0. The summed E-state index contributed by atoms with van der Waals surface area (Å²) in [6, 6.07) is 67.8. The molecule has 0 saturated heterocycles. The Bertz CT molecular complexity index is 1980. The minimum absolute atomic E-state index is 0. The predicted molar refractivity (Wildman–Crippen MR) is 225 cm³/mol. The van der Waals surface area contributed by atoms with Crippen LogP contribution in [0.5, 0.6) is 0 Å². The average molecular weight is 818 g/mol. The van der Waals surface area contributed by atoms with Crippen molar-refractivity contribution in [3.8, 4) is 0 Å². The molecule has 0 bridgehead atoms. The van der Waals surface area contributed by atoms with Gasteiger partial charge in [0.25, 0.3) is 5.24 Å². The molecule has 0 saturated carbocycles. The minimum atomic E-state index is -4.23. The molecule has 53 heavy (non-hydrogen) atoms. The van der Waals surface area contributed by atoms with Crippen LogP contribution >= 0.6 is 11.6 Å². The average Bonchev–Trinajstić information content (AvgIpc) is 3.21. The van der Waals surface area contributed by atoms with E-state index in [-0.39, 0.29) is 62.4 Å². The van der Waals surface area contributed by atoms with Gasteiger partial charge in [-0.1, -0.05) is 30.3 Å². The zero-order valence-electron chi connectivity index (χ0n) is 29.8. The molecule has 0 amide bonds. The van der Waals surface area contributed by atoms with Gasteiger partial charge in [-0.3, -0.25) is 4.79 Å². The van der Waals surface area contributed by atoms with Crippen LogP contribution in [-0.2, 0) is 0 Å². The molecule has 0 aliphatic carbocycles. The molecule has 8 heteroatoms. The molecule has 250 valence electrons. The van der Waals surface area contributed by atoms with Crippen molar-refractivity contribution in [1.82, 2.24) is 0 Å². The Morgan fingerprint density at radius 1 is 0.358 bits per heavy atom. The molecule has 0 spiro atoms. The number of halogens is 1. The summed E-state index contributed by atoms with van der Waals surface area (Å²) in [5, 5.41) is -0.407. The Morgan fingerprint density at radius 2 is 0.604 bits per heavy atom. The summed E-state index contributed by atoms with van der Waals surface area (Å²) >= 11 is 0.826. The summed E-state index contributed by atoms with van der Waals surface area (Å²) in [6.45, 7) is 0. The van der Waals surface area contributed by atoms with Gasteiger partial charge in [-0.2, -0.15) is 0 Å². The standard InChI is InChI=1S/C26H20GeO2.C12H10Ge.C7H5ClO.2Li/c28-25(21-13-5-1-6-14-21)27(23-17-9-3-10-18-23,24-19-11-4-12-20-24)26(29)22-15-7-2-8-16-22;1-3-7-11(8-4-1)13-12-9-5-2-6-10-12;8-7(9)6-4-2-1-3-5-6;;/h1-20H;1-10H;1-5H;;. The van der Waals surface area contributed by atoms with Crippen LogP contribution in [0.4, 0.5) is 0 Å². The summed E-state index contributed by atoms with van der Waals surface area (Å²) in [4.78, 5) is 38.7. The third kappa shape index (κ3) is 12.1. The van der Waals surface area contributed by atoms with Crippen LogP contribution in [0, 0.1) is 0 Å². The summed E-state index contributed by atoms with van der Waals surface area (Å²) in [5.41, 5.74) is 1.72. The van der Waals surface area contributed by atoms with Crippen molar-refractivity contribution < 1.29 is 14.4 Å². The van der Waals surface area contributed by atoms with Crippen LogP contribution < -0.4 is 17.6 Å². The van der Waals surface area contributed by atoms with E-state index in [1.807, 2.05) is 127 Å². The zero-order valence-corrected chi connectivity index (χ0v) is 34.8. The van der Waals surface area contributed by atoms with Crippen LogP contribution in [0.2, 0.25) is 0 Å². The van der Waals surface area contributed by atoms with Gasteiger partial charge in [0, 0.05) is 43.3 Å². The molecule has 0 unspecified atom stereocenters. The van der Waals surface area contributed by atoms with Crippen molar-refractivity contribution in [1.29, 1.82) is 0 Å². The molecule has 4 radical (unpaired) electrons. The van der Waals surface area contributed by atoms with Gasteiger partial charge < -0.3 is 0 Å². The van der Waals surface area contributed by atoms with Gasteiger partial charge in [0.15, 0.2) is 0 Å². The Hall–Kier alpha value is -3.88. The molecule has 0 heterocycles. The topological polar surface area (TPSA) is 51.2 Å². The normalized spacial score (nSPS) is 9.98. The SMILES string of the molecule is O=C(Cl)c1ccccc1.O=[C](c1ccccc1)[Ge]([C](=O)c1ccccc1)([c]1ccccc1)[c]1ccccc1.[Li].[Li].c1cc[c]([Ge][c]2ccccc2)cc1. The van der Waals surface area contributed by atoms with Crippen LogP contribution in [-0.4, -0.2) is 80.9 Å². The molecule has 0 N–H and O–H groups in total. The van der Waals surface area contributed by atoms with Gasteiger partial charge in [-0.15, -0.1) is 0 Å². The van der Waals surface area contributed by atoms with Crippen LogP contribution in [0.3, 0.4) is 0 Å². The quantitative estimate of drug-likeness (QED) is 0.120. The first kappa shape index (κ1) is 43.5. The van der Waals surface area contributed by atoms with Gasteiger partial charge in [0.1, 0.15) is 0 Å². The monoisotopic (exact) mass is 820 g/mol. The molecular weight excluding hydrogens is 783 g/mol. The van der Waals surface area contributed by atoms with E-state index in [4.69, 9.17) is 11.6 Å². The van der Waals surface area contributed by atoms with Gasteiger partial charge in [-0.05, 0) is 11.6 Å². The van der Waals surface area contributed by atoms with Gasteiger partial charge >= 0.3 is 258 Å². The molecule has 0 fully saturated rings. The summed E-state index contributed by atoms with van der Waals surface area (Å²) in [7, 11) is 0. The molecule has 0 aromatic heterocycles. The number of benzene rings is 7. The maximum absolute atomic E-state index is 14.1. The van der Waals surface area contributed by atoms with Crippen molar-refractivity contribution in [2.75, 3.05) is 0 Å². The molecule has 0 atom stereocenters. The molecule has 7 aromatic carbocycles. The Kier molecular flexibility index (Phi) is 18.9. The van der Waals surface area contributed by atoms with E-state index in [1.54, 1.807) is 24.3 Å². The van der Waals surface area contributed by atoms with Crippen LogP contribution in [0.15, 0.2) is 212 Å². The number of hydrogen-bond donors (Lipinski definition) is 0. The van der Waals surface area contributed by atoms with E-state index in [2.05, 4.69) is 60.7 Å². The molecular formula is C45H35ClGe2Li2O3.